The van der Waals surface area contributed by atoms with E-state index in [1.165, 1.54) is 0 Å². The van der Waals surface area contributed by atoms with Crippen molar-refractivity contribution in [2.75, 3.05) is 12.3 Å². The Morgan fingerprint density at radius 2 is 2.14 bits per heavy atom. The van der Waals surface area contributed by atoms with Gasteiger partial charge in [-0.3, -0.25) is 8.18 Å². The van der Waals surface area contributed by atoms with Crippen molar-refractivity contribution in [1.82, 2.24) is 28.8 Å². The number of aryl methyl sites for hydroxylation is 1. The molecule has 5 rings (SSSR count). The predicted octanol–water partition coefficient (Wildman–Crippen LogP) is 3.26. The van der Waals surface area contributed by atoms with E-state index in [0.29, 0.717) is 30.7 Å². The second-order valence-corrected chi connectivity index (χ2v) is 11.7. The number of imidazole rings is 1. The van der Waals surface area contributed by atoms with Crippen LogP contribution in [0.2, 0.25) is 5.28 Å². The van der Waals surface area contributed by atoms with Crippen LogP contribution in [0.1, 0.15) is 31.2 Å². The fourth-order valence-corrected chi connectivity index (χ4v) is 6.67. The summed E-state index contributed by atoms with van der Waals surface area (Å²) in [4.78, 5) is 24.4. The minimum atomic E-state index is -2.88. The Labute approximate surface area is 213 Å². The van der Waals surface area contributed by atoms with Gasteiger partial charge in [0, 0.05) is 40.0 Å². The van der Waals surface area contributed by atoms with Crippen molar-refractivity contribution in [3.63, 3.8) is 0 Å². The van der Waals surface area contributed by atoms with Gasteiger partial charge >= 0.3 is 6.09 Å². The zero-order valence-corrected chi connectivity index (χ0v) is 21.1. The summed E-state index contributed by atoms with van der Waals surface area (Å²) < 4.78 is 22.1. The van der Waals surface area contributed by atoms with E-state index in [2.05, 4.69) is 25.5 Å². The van der Waals surface area contributed by atoms with Crippen molar-refractivity contribution in [3.05, 3.63) is 47.6 Å². The van der Waals surface area contributed by atoms with Gasteiger partial charge in [-0.25, -0.2) is 9.78 Å². The number of benzene rings is 1. The van der Waals surface area contributed by atoms with Gasteiger partial charge < -0.3 is 20.4 Å². The van der Waals surface area contributed by atoms with E-state index in [0.717, 1.165) is 35.7 Å². The Bertz CT molecular complexity index is 1540. The van der Waals surface area contributed by atoms with Gasteiger partial charge in [0.25, 0.3) is 0 Å². The Morgan fingerprint density at radius 3 is 2.92 bits per heavy atom. The van der Waals surface area contributed by atoms with Crippen molar-refractivity contribution in [3.8, 4) is 11.7 Å². The summed E-state index contributed by atoms with van der Waals surface area (Å²) in [6.45, 7) is 1.22. The van der Waals surface area contributed by atoms with Crippen LogP contribution in [0.3, 0.4) is 0 Å². The number of terminal acetylenes is 1. The first-order valence-corrected chi connectivity index (χ1v) is 13.7. The molecule has 0 bridgehead atoms. The van der Waals surface area contributed by atoms with Crippen LogP contribution in [0.15, 0.2) is 36.8 Å². The van der Waals surface area contributed by atoms with Crippen molar-refractivity contribution in [1.29, 1.82) is 0 Å². The number of rotatable bonds is 9. The van der Waals surface area contributed by atoms with Crippen molar-refractivity contribution in [2.24, 2.45) is 0 Å². The summed E-state index contributed by atoms with van der Waals surface area (Å²) in [6.07, 6.45) is 11.8. The van der Waals surface area contributed by atoms with Gasteiger partial charge in [-0.05, 0) is 66.3 Å². The van der Waals surface area contributed by atoms with Crippen LogP contribution < -0.4 is 11.1 Å². The monoisotopic (exact) mass is 527 g/mol. The van der Waals surface area contributed by atoms with Gasteiger partial charge in [0.05, 0.1) is 18.5 Å². The lowest BCUT2D eigenvalue weighted by Crippen LogP contribution is -2.24. The maximum atomic E-state index is 13.3. The molecule has 0 saturated heterocycles. The lowest BCUT2D eigenvalue weighted by molar-refractivity contribution is 0.143. The second-order valence-electron chi connectivity index (χ2n) is 8.72. The number of nitrogens with zero attached hydrogens (tertiary/aromatic N) is 5. The zero-order valence-electron chi connectivity index (χ0n) is 19.4. The van der Waals surface area contributed by atoms with E-state index in [4.69, 9.17) is 28.5 Å². The number of aromatic nitrogens is 5. The summed E-state index contributed by atoms with van der Waals surface area (Å²) in [5, 5.41) is 6.41. The number of nitrogens with one attached hydrogen (secondary N) is 1. The highest BCUT2D eigenvalue weighted by molar-refractivity contribution is 8.06. The highest BCUT2D eigenvalue weighted by Gasteiger charge is 2.36. The fraction of sp³-hybridized carbons (Fsp3) is 0.333. The molecule has 188 valence electrons. The number of thiol groups is 1. The van der Waals surface area contributed by atoms with Crippen molar-refractivity contribution in [2.45, 2.75) is 44.0 Å². The highest BCUT2D eigenvalue weighted by atomic mass is 35.5. The molecule has 0 unspecified atom stereocenters. The molecule has 0 aliphatic heterocycles. The van der Waals surface area contributed by atoms with E-state index >= 15 is 0 Å². The third-order valence-electron chi connectivity index (χ3n) is 6.21. The number of nitrogens with two attached hydrogens (primary N) is 1. The summed E-state index contributed by atoms with van der Waals surface area (Å²) in [6, 6.07) is 7.65. The lowest BCUT2D eigenvalue weighted by Gasteiger charge is -2.20. The number of fused-ring (bicyclic) bond motifs is 2. The average molecular weight is 528 g/mol. The predicted molar refractivity (Wildman–Crippen MR) is 141 cm³/mol. The molecule has 0 atom stereocenters. The summed E-state index contributed by atoms with van der Waals surface area (Å²) >= 11 is 5.89. The zero-order chi connectivity index (χ0) is 25.3. The molecule has 3 heterocycles. The SMILES string of the molecule is C#C[SH](=O)(C1CC1)n1ccc2cc(CNC(=O)OCCCCn3cnc4c(N)nc(Cl)nc43)ccc21. The Kier molecular flexibility index (Phi) is 6.55. The molecule has 4 aromatic rings. The van der Waals surface area contributed by atoms with Crippen LogP contribution in [0, 0.1) is 11.7 Å². The average Bonchev–Trinajstić information content (AvgIpc) is 3.52. The first-order valence-electron chi connectivity index (χ1n) is 11.6. The molecule has 12 heteroatoms. The minimum Gasteiger partial charge on any atom is -0.450 e. The summed E-state index contributed by atoms with van der Waals surface area (Å²) in [7, 11) is -2.88. The maximum absolute atomic E-state index is 13.3. The van der Waals surface area contributed by atoms with Crippen LogP contribution >= 0.6 is 11.6 Å². The number of amides is 1. The van der Waals surface area contributed by atoms with E-state index in [9.17, 15) is 9.00 Å². The summed E-state index contributed by atoms with van der Waals surface area (Å²) in [5.74, 6) is 0.242. The van der Waals surface area contributed by atoms with Crippen LogP contribution in [0.5, 0.6) is 0 Å². The van der Waals surface area contributed by atoms with Crippen LogP contribution in [0.4, 0.5) is 10.6 Å². The molecule has 0 spiro atoms. The molecule has 1 aliphatic carbocycles. The first kappa shape index (κ1) is 24.1. The van der Waals surface area contributed by atoms with Crippen LogP contribution in [-0.4, -0.2) is 45.7 Å². The molecular formula is C24H26ClN7O3S. The number of carbonyl (C=O) groups is 1. The van der Waals surface area contributed by atoms with E-state index in [1.807, 2.05) is 28.8 Å². The standard InChI is InChI=1S/C24H26ClN7O3S/c1-2-36(34,18-6-7-18)32-11-9-17-13-16(5-8-19(17)32)14-27-24(33)35-12-4-3-10-31-15-28-20-21(26)29-23(25)30-22(20)31/h1,5,8-9,11,13,15,18,36H,3-4,6-7,10,12,14H2,(H,27,33)(H2,26,29,30). The van der Waals surface area contributed by atoms with Gasteiger partial charge in [0.15, 0.2) is 11.5 Å². The third kappa shape index (κ3) is 4.74. The molecule has 0 radical (unpaired) electrons. The third-order valence-corrected chi connectivity index (χ3v) is 9.24. The number of ether oxygens (including phenoxy) is 1. The molecular weight excluding hydrogens is 502 g/mol. The van der Waals surface area contributed by atoms with Gasteiger partial charge in [0.2, 0.25) is 5.28 Å². The minimum absolute atomic E-state index is 0.0734. The Morgan fingerprint density at radius 1 is 1.31 bits per heavy atom. The van der Waals surface area contributed by atoms with Crippen LogP contribution in [0.25, 0.3) is 22.1 Å². The molecule has 1 aromatic carbocycles. The number of anilines is 1. The van der Waals surface area contributed by atoms with Crippen molar-refractivity contribution >= 4 is 55.7 Å². The van der Waals surface area contributed by atoms with Crippen molar-refractivity contribution < 1.29 is 13.7 Å². The smallest absolute Gasteiger partial charge is 0.407 e. The number of hydrogen-bond donors (Lipinski definition) is 3. The number of alkyl carbamates (subject to hydrolysis) is 1. The molecule has 1 fully saturated rings. The molecule has 3 N–H and O–H groups in total. The number of hydrogen-bond acceptors (Lipinski definition) is 7. The maximum Gasteiger partial charge on any atom is 0.407 e. The fourth-order valence-electron chi connectivity index (χ4n) is 4.19. The normalized spacial score (nSPS) is 14.1. The van der Waals surface area contributed by atoms with E-state index in [-0.39, 0.29) is 23.0 Å². The topological polar surface area (TPSA) is 130 Å². The molecule has 1 amide bonds. The summed E-state index contributed by atoms with van der Waals surface area (Å²) in [5.41, 5.74) is 8.66. The second kappa shape index (κ2) is 9.79. The molecule has 36 heavy (non-hydrogen) atoms. The quantitative estimate of drug-likeness (QED) is 0.132. The number of carbonyl (C=O) groups excluding carboxylic acids is 1. The van der Waals surface area contributed by atoms with Gasteiger partial charge in [-0.1, -0.05) is 6.07 Å². The van der Waals surface area contributed by atoms with Gasteiger partial charge in [-0.2, -0.15) is 9.97 Å². The Balaban J connectivity index is 1.09. The number of halogens is 1. The first-order chi connectivity index (χ1) is 17.4. The molecule has 1 aliphatic rings. The van der Waals surface area contributed by atoms with E-state index in [1.54, 1.807) is 16.5 Å². The van der Waals surface area contributed by atoms with Gasteiger partial charge in [0.1, 0.15) is 5.52 Å². The Hall–Kier alpha value is -3.62. The number of unbranched alkanes of at least 4 members (excludes halogenated alkanes) is 1. The van der Waals surface area contributed by atoms with E-state index < -0.39 is 16.2 Å². The largest absolute Gasteiger partial charge is 0.450 e. The lowest BCUT2D eigenvalue weighted by atomic mass is 10.1. The van der Waals surface area contributed by atoms with Gasteiger partial charge in [-0.15, -0.1) is 6.42 Å². The molecule has 3 aromatic heterocycles. The molecule has 1 saturated carbocycles. The highest BCUT2D eigenvalue weighted by Crippen LogP contribution is 2.37. The number of nitrogen functional groups attached to an aromatic ring is 1. The van der Waals surface area contributed by atoms with Crippen LogP contribution in [-0.2, 0) is 27.9 Å². The molecule has 10 nitrogen and oxygen atoms in total.